The van der Waals surface area contributed by atoms with Gasteiger partial charge in [-0.3, -0.25) is 9.79 Å². The van der Waals surface area contributed by atoms with E-state index in [-0.39, 0.29) is 29.9 Å². The fourth-order valence-corrected chi connectivity index (χ4v) is 3.01. The van der Waals surface area contributed by atoms with Crippen molar-refractivity contribution in [2.24, 2.45) is 4.99 Å². The van der Waals surface area contributed by atoms with E-state index in [1.54, 1.807) is 7.05 Å². The van der Waals surface area contributed by atoms with E-state index in [2.05, 4.69) is 46.6 Å². The number of halogens is 1. The number of nitrogens with one attached hydrogen (secondary N) is 3. The number of hydrogen-bond acceptors (Lipinski definition) is 3. The topological polar surface area (TPSA) is 68.8 Å². The number of carbonyl (C=O) groups excluding carboxylic acids is 1. The van der Waals surface area contributed by atoms with Crippen molar-refractivity contribution in [2.45, 2.75) is 59.5 Å². The lowest BCUT2D eigenvalue weighted by atomic mass is 10.1. The summed E-state index contributed by atoms with van der Waals surface area (Å²) < 4.78 is 0. The zero-order chi connectivity index (χ0) is 20.8. The lowest BCUT2D eigenvalue weighted by Gasteiger charge is -2.21. The standard InChI is InChI=1S/C22H39N5O.HI/c1-6-14-24-21(28)20-13-9-12-19(16-20)17-25-22(23-5)26-18(4)11-10-15-27(7-2)8-3;/h9,12-13,16,18H,6-8,10-11,14-15,17H2,1-5H3,(H,24,28)(H2,23,25,26);1H. The van der Waals surface area contributed by atoms with Crippen LogP contribution in [0.1, 0.15) is 62.9 Å². The largest absolute Gasteiger partial charge is 0.354 e. The van der Waals surface area contributed by atoms with Gasteiger partial charge in [0.1, 0.15) is 0 Å². The summed E-state index contributed by atoms with van der Waals surface area (Å²) >= 11 is 0. The smallest absolute Gasteiger partial charge is 0.251 e. The molecule has 6 nitrogen and oxygen atoms in total. The van der Waals surface area contributed by atoms with E-state index < -0.39 is 0 Å². The fraction of sp³-hybridized carbons (Fsp3) is 0.636. The normalized spacial score (nSPS) is 12.3. The maximum absolute atomic E-state index is 12.1. The highest BCUT2D eigenvalue weighted by Gasteiger charge is 2.08. The summed E-state index contributed by atoms with van der Waals surface area (Å²) in [6.07, 6.45) is 3.20. The van der Waals surface area contributed by atoms with Gasteiger partial charge in [-0.2, -0.15) is 0 Å². The van der Waals surface area contributed by atoms with Crippen molar-refractivity contribution in [1.82, 2.24) is 20.9 Å². The Balaban J connectivity index is 0.00000784. The Kier molecular flexibility index (Phi) is 15.7. The van der Waals surface area contributed by atoms with Gasteiger partial charge < -0.3 is 20.9 Å². The molecule has 7 heteroatoms. The molecule has 0 bridgehead atoms. The van der Waals surface area contributed by atoms with Crippen molar-refractivity contribution < 1.29 is 4.79 Å². The number of carbonyl (C=O) groups is 1. The molecule has 0 aliphatic heterocycles. The van der Waals surface area contributed by atoms with E-state index in [9.17, 15) is 4.79 Å². The van der Waals surface area contributed by atoms with E-state index in [0.29, 0.717) is 24.7 Å². The minimum atomic E-state index is -0.0203. The van der Waals surface area contributed by atoms with Crippen LogP contribution in [0.4, 0.5) is 0 Å². The molecule has 1 atom stereocenters. The Bertz CT molecular complexity index is 605. The summed E-state index contributed by atoms with van der Waals surface area (Å²) in [4.78, 5) is 18.9. The van der Waals surface area contributed by atoms with E-state index >= 15 is 0 Å². The summed E-state index contributed by atoms with van der Waals surface area (Å²) in [5, 5.41) is 9.71. The van der Waals surface area contributed by atoms with Crippen molar-refractivity contribution >= 4 is 35.8 Å². The Hall–Kier alpha value is -1.35. The van der Waals surface area contributed by atoms with Gasteiger partial charge in [0.2, 0.25) is 0 Å². The number of rotatable bonds is 12. The molecule has 0 aromatic heterocycles. The van der Waals surface area contributed by atoms with Crippen molar-refractivity contribution in [2.75, 3.05) is 33.2 Å². The zero-order valence-electron chi connectivity index (χ0n) is 18.8. The second-order valence-corrected chi connectivity index (χ2v) is 7.10. The van der Waals surface area contributed by atoms with Gasteiger partial charge in [0.05, 0.1) is 0 Å². The minimum Gasteiger partial charge on any atom is -0.354 e. The maximum Gasteiger partial charge on any atom is 0.251 e. The lowest BCUT2D eigenvalue weighted by Crippen LogP contribution is -2.42. The number of guanidine groups is 1. The van der Waals surface area contributed by atoms with Gasteiger partial charge in [-0.1, -0.05) is 32.9 Å². The fourth-order valence-electron chi connectivity index (χ4n) is 3.01. The van der Waals surface area contributed by atoms with E-state index in [1.807, 2.05) is 31.2 Å². The molecule has 1 amide bonds. The molecule has 0 saturated heterocycles. The van der Waals surface area contributed by atoms with Gasteiger partial charge in [0, 0.05) is 31.7 Å². The predicted molar refractivity (Wildman–Crippen MR) is 134 cm³/mol. The third-order valence-corrected chi connectivity index (χ3v) is 4.80. The van der Waals surface area contributed by atoms with Gasteiger partial charge >= 0.3 is 0 Å². The van der Waals surface area contributed by atoms with Crippen LogP contribution in [0.5, 0.6) is 0 Å². The molecule has 0 saturated carbocycles. The molecule has 0 heterocycles. The molecule has 1 aromatic carbocycles. The molecule has 3 N–H and O–H groups in total. The first-order valence-corrected chi connectivity index (χ1v) is 10.6. The third kappa shape index (κ3) is 11.4. The molecule has 1 rings (SSSR count). The molecular formula is C22H40IN5O. The number of aliphatic imine (C=N–C) groups is 1. The average molecular weight is 518 g/mol. The van der Waals surface area contributed by atoms with Crippen molar-refractivity contribution in [3.8, 4) is 0 Å². The maximum atomic E-state index is 12.1. The average Bonchev–Trinajstić information content (AvgIpc) is 2.72. The number of benzene rings is 1. The predicted octanol–water partition coefficient (Wildman–Crippen LogP) is 3.62. The summed E-state index contributed by atoms with van der Waals surface area (Å²) in [7, 11) is 1.78. The van der Waals surface area contributed by atoms with E-state index in [1.165, 1.54) is 6.42 Å². The van der Waals surface area contributed by atoms with Crippen LogP contribution in [0, 0.1) is 0 Å². The first-order chi connectivity index (χ1) is 13.5. The molecule has 166 valence electrons. The molecular weight excluding hydrogens is 477 g/mol. The highest BCUT2D eigenvalue weighted by Crippen LogP contribution is 2.06. The summed E-state index contributed by atoms with van der Waals surface area (Å²) in [5.74, 6) is 0.768. The number of amides is 1. The molecule has 29 heavy (non-hydrogen) atoms. The third-order valence-electron chi connectivity index (χ3n) is 4.80. The van der Waals surface area contributed by atoms with Gasteiger partial charge in [-0.05, 0) is 63.5 Å². The van der Waals surface area contributed by atoms with Crippen LogP contribution >= 0.6 is 24.0 Å². The Morgan fingerprint density at radius 3 is 2.52 bits per heavy atom. The number of nitrogens with zero attached hydrogens (tertiary/aromatic N) is 2. The zero-order valence-corrected chi connectivity index (χ0v) is 21.1. The van der Waals surface area contributed by atoms with E-state index in [0.717, 1.165) is 44.0 Å². The van der Waals surface area contributed by atoms with Crippen LogP contribution in [0.3, 0.4) is 0 Å². The first kappa shape index (κ1) is 27.6. The molecule has 0 fully saturated rings. The minimum absolute atomic E-state index is 0. The molecule has 0 aliphatic rings. The van der Waals surface area contributed by atoms with Crippen LogP contribution in [0.2, 0.25) is 0 Å². The molecule has 0 aliphatic carbocycles. The van der Waals surface area contributed by atoms with Crippen LogP contribution in [0.25, 0.3) is 0 Å². The van der Waals surface area contributed by atoms with Crippen molar-refractivity contribution in [3.05, 3.63) is 35.4 Å². The number of hydrogen-bond donors (Lipinski definition) is 3. The monoisotopic (exact) mass is 517 g/mol. The summed E-state index contributed by atoms with van der Waals surface area (Å²) in [6, 6.07) is 8.07. The highest BCUT2D eigenvalue weighted by atomic mass is 127. The summed E-state index contributed by atoms with van der Waals surface area (Å²) in [6.45, 7) is 13.3. The Labute approximate surface area is 194 Å². The van der Waals surface area contributed by atoms with Gasteiger partial charge in [0.15, 0.2) is 5.96 Å². The highest BCUT2D eigenvalue weighted by molar-refractivity contribution is 14.0. The lowest BCUT2D eigenvalue weighted by molar-refractivity contribution is 0.0953. The first-order valence-electron chi connectivity index (χ1n) is 10.6. The SMILES string of the molecule is CCCNC(=O)c1cccc(CNC(=NC)NC(C)CCCN(CC)CC)c1.I. The molecule has 0 radical (unpaired) electrons. The molecule has 1 unspecified atom stereocenters. The van der Waals surface area contributed by atoms with Gasteiger partial charge in [-0.25, -0.2) is 0 Å². The van der Waals surface area contributed by atoms with Crippen molar-refractivity contribution in [1.29, 1.82) is 0 Å². The van der Waals surface area contributed by atoms with Gasteiger partial charge in [-0.15, -0.1) is 24.0 Å². The van der Waals surface area contributed by atoms with Crippen LogP contribution in [-0.2, 0) is 6.54 Å². The second kappa shape index (κ2) is 16.4. The summed E-state index contributed by atoms with van der Waals surface area (Å²) in [5.41, 5.74) is 1.75. The molecule has 1 aromatic rings. The van der Waals surface area contributed by atoms with Crippen molar-refractivity contribution in [3.63, 3.8) is 0 Å². The second-order valence-electron chi connectivity index (χ2n) is 7.10. The quantitative estimate of drug-likeness (QED) is 0.225. The van der Waals surface area contributed by atoms with Gasteiger partial charge in [0.25, 0.3) is 5.91 Å². The van der Waals surface area contributed by atoms with Crippen LogP contribution < -0.4 is 16.0 Å². The molecule has 0 spiro atoms. The Morgan fingerprint density at radius 1 is 1.17 bits per heavy atom. The van der Waals surface area contributed by atoms with Crippen LogP contribution in [-0.4, -0.2) is 56.0 Å². The van der Waals surface area contributed by atoms with E-state index in [4.69, 9.17) is 0 Å². The van der Waals surface area contributed by atoms with Crippen LogP contribution in [0.15, 0.2) is 29.3 Å². The Morgan fingerprint density at radius 2 is 1.90 bits per heavy atom.